The average molecular weight is 264 g/mol. The molecule has 19 heavy (non-hydrogen) atoms. The maximum Gasteiger partial charge on any atom is 0.311 e. The molecule has 0 unspecified atom stereocenters. The van der Waals surface area contributed by atoms with Gasteiger partial charge in [0.1, 0.15) is 6.10 Å². The second kappa shape index (κ2) is 6.17. The Balaban J connectivity index is 1.84. The summed E-state index contributed by atoms with van der Waals surface area (Å²) in [6, 6.07) is 9.81. The number of cyclic esters (lactones) is 1. The Bertz CT molecular complexity index is 417. The zero-order valence-electron chi connectivity index (χ0n) is 11.3. The van der Waals surface area contributed by atoms with E-state index in [2.05, 4.69) is 0 Å². The number of carbonyl (C=O) groups is 1. The van der Waals surface area contributed by atoms with Gasteiger partial charge in [-0.25, -0.2) is 0 Å². The highest BCUT2D eigenvalue weighted by atomic mass is 16.6. The molecule has 0 saturated carbocycles. The van der Waals surface area contributed by atoms with Crippen LogP contribution in [0.2, 0.25) is 0 Å². The lowest BCUT2D eigenvalue weighted by molar-refractivity contribution is -0.183. The topological polar surface area (TPSA) is 55.8 Å². The van der Waals surface area contributed by atoms with E-state index in [0.29, 0.717) is 13.2 Å². The van der Waals surface area contributed by atoms with E-state index < -0.39 is 12.0 Å². The first kappa shape index (κ1) is 14.0. The highest BCUT2D eigenvalue weighted by Gasteiger charge is 2.40. The highest BCUT2D eigenvalue weighted by molar-refractivity contribution is 5.73. The monoisotopic (exact) mass is 264 g/mol. The van der Waals surface area contributed by atoms with E-state index in [9.17, 15) is 9.90 Å². The maximum atomic E-state index is 11.6. The van der Waals surface area contributed by atoms with E-state index in [1.165, 1.54) is 0 Å². The minimum absolute atomic E-state index is 0.108. The van der Waals surface area contributed by atoms with Crippen molar-refractivity contribution in [3.63, 3.8) is 0 Å². The molecule has 0 amide bonds. The predicted molar refractivity (Wildman–Crippen MR) is 70.3 cm³/mol. The summed E-state index contributed by atoms with van der Waals surface area (Å²) in [4.78, 5) is 11.6. The zero-order valence-corrected chi connectivity index (χ0v) is 11.3. The van der Waals surface area contributed by atoms with Crippen LogP contribution in [0.4, 0.5) is 0 Å². The largest absolute Gasteiger partial charge is 0.459 e. The second-order valence-electron chi connectivity index (χ2n) is 5.11. The van der Waals surface area contributed by atoms with Gasteiger partial charge < -0.3 is 14.6 Å². The van der Waals surface area contributed by atoms with Gasteiger partial charge in [-0.1, -0.05) is 37.3 Å². The molecule has 104 valence electrons. The van der Waals surface area contributed by atoms with Crippen LogP contribution in [-0.2, 0) is 20.9 Å². The van der Waals surface area contributed by atoms with Crippen LogP contribution in [0.5, 0.6) is 0 Å². The van der Waals surface area contributed by atoms with E-state index in [0.717, 1.165) is 5.56 Å². The molecule has 1 aliphatic heterocycles. The summed E-state index contributed by atoms with van der Waals surface area (Å²) in [5, 5.41) is 9.95. The lowest BCUT2D eigenvalue weighted by Gasteiger charge is -2.36. The molecule has 0 aromatic heterocycles. The molecular weight excluding hydrogens is 244 g/mol. The van der Waals surface area contributed by atoms with Gasteiger partial charge >= 0.3 is 5.97 Å². The standard InChI is InChI=1S/C15H20O4/c1-10-13(19-15(17)11(2)14(10)16)9-18-8-12-6-4-3-5-7-12/h3-7,10-11,13-14,16H,8-9H2,1-2H3/t10-,11-,13-,14+/m0/s1. The molecule has 4 atom stereocenters. The van der Waals surface area contributed by atoms with E-state index in [1.54, 1.807) is 6.92 Å². The van der Waals surface area contributed by atoms with E-state index >= 15 is 0 Å². The number of hydrogen-bond acceptors (Lipinski definition) is 4. The summed E-state index contributed by atoms with van der Waals surface area (Å²) in [5.41, 5.74) is 1.08. The molecule has 0 radical (unpaired) electrons. The third-order valence-corrected chi connectivity index (χ3v) is 3.67. The predicted octanol–water partition coefficient (Wildman–Crippen LogP) is 1.76. The molecule has 1 fully saturated rings. The Morgan fingerprint density at radius 1 is 1.26 bits per heavy atom. The van der Waals surface area contributed by atoms with Crippen LogP contribution in [-0.4, -0.2) is 29.9 Å². The first-order valence-corrected chi connectivity index (χ1v) is 6.60. The number of ether oxygens (including phenoxy) is 2. The molecule has 4 nitrogen and oxygen atoms in total. The fourth-order valence-corrected chi connectivity index (χ4v) is 2.23. The van der Waals surface area contributed by atoms with Gasteiger partial charge in [0.15, 0.2) is 0 Å². The molecule has 1 aromatic carbocycles. The highest BCUT2D eigenvalue weighted by Crippen LogP contribution is 2.26. The van der Waals surface area contributed by atoms with Crippen LogP contribution in [0.3, 0.4) is 0 Å². The summed E-state index contributed by atoms with van der Waals surface area (Å²) in [7, 11) is 0. The molecule has 1 N–H and O–H groups in total. The van der Waals surface area contributed by atoms with Crippen molar-refractivity contribution in [3.05, 3.63) is 35.9 Å². The summed E-state index contributed by atoms with van der Waals surface area (Å²) >= 11 is 0. The SMILES string of the molecule is C[C@@H]1[C@@H](O)[C@H](C)C(=O)O[C@H]1COCc1ccccc1. The number of esters is 1. The van der Waals surface area contributed by atoms with E-state index in [1.807, 2.05) is 37.3 Å². The van der Waals surface area contributed by atoms with Crippen molar-refractivity contribution in [1.82, 2.24) is 0 Å². The maximum absolute atomic E-state index is 11.6. The summed E-state index contributed by atoms with van der Waals surface area (Å²) in [6.45, 7) is 4.35. The van der Waals surface area contributed by atoms with Crippen LogP contribution in [0.25, 0.3) is 0 Å². The van der Waals surface area contributed by atoms with Gasteiger partial charge in [0.05, 0.1) is 25.2 Å². The van der Waals surface area contributed by atoms with Crippen LogP contribution in [0.15, 0.2) is 30.3 Å². The Kier molecular flexibility index (Phi) is 4.56. The summed E-state index contributed by atoms with van der Waals surface area (Å²) in [6.07, 6.45) is -1.03. The van der Waals surface area contributed by atoms with Crippen LogP contribution in [0.1, 0.15) is 19.4 Å². The lowest BCUT2D eigenvalue weighted by atomic mass is 9.87. The number of rotatable bonds is 4. The van der Waals surface area contributed by atoms with Gasteiger partial charge in [0, 0.05) is 5.92 Å². The molecular formula is C15H20O4. The molecule has 0 aliphatic carbocycles. The number of carbonyl (C=O) groups excluding carboxylic acids is 1. The van der Waals surface area contributed by atoms with Gasteiger partial charge in [0.25, 0.3) is 0 Å². The fourth-order valence-electron chi connectivity index (χ4n) is 2.23. The molecule has 0 spiro atoms. The molecule has 2 rings (SSSR count). The van der Waals surface area contributed by atoms with Crippen LogP contribution < -0.4 is 0 Å². The van der Waals surface area contributed by atoms with Gasteiger partial charge in [-0.3, -0.25) is 4.79 Å². The van der Waals surface area contributed by atoms with Crippen molar-refractivity contribution in [3.8, 4) is 0 Å². The minimum atomic E-state index is -0.661. The van der Waals surface area contributed by atoms with Gasteiger partial charge in [-0.15, -0.1) is 0 Å². The van der Waals surface area contributed by atoms with Crippen molar-refractivity contribution in [2.75, 3.05) is 6.61 Å². The Morgan fingerprint density at radius 3 is 2.63 bits per heavy atom. The number of aliphatic hydroxyl groups excluding tert-OH is 1. The van der Waals surface area contributed by atoms with Crippen LogP contribution >= 0.6 is 0 Å². The average Bonchev–Trinajstić information content (AvgIpc) is 2.43. The first-order valence-electron chi connectivity index (χ1n) is 6.60. The third-order valence-electron chi connectivity index (χ3n) is 3.67. The van der Waals surface area contributed by atoms with Crippen LogP contribution in [0, 0.1) is 11.8 Å². The quantitative estimate of drug-likeness (QED) is 0.842. The van der Waals surface area contributed by atoms with Crippen molar-refractivity contribution in [2.45, 2.75) is 32.7 Å². The van der Waals surface area contributed by atoms with Crippen molar-refractivity contribution >= 4 is 5.97 Å². The summed E-state index contributed by atoms with van der Waals surface area (Å²) in [5.74, 6) is -0.914. The molecule has 4 heteroatoms. The second-order valence-corrected chi connectivity index (χ2v) is 5.11. The van der Waals surface area contributed by atoms with Gasteiger partial charge in [-0.05, 0) is 12.5 Å². The number of benzene rings is 1. The van der Waals surface area contributed by atoms with E-state index in [4.69, 9.17) is 9.47 Å². The van der Waals surface area contributed by atoms with Crippen molar-refractivity contribution < 1.29 is 19.4 Å². The molecule has 0 bridgehead atoms. The normalized spacial score (nSPS) is 31.0. The van der Waals surface area contributed by atoms with E-state index in [-0.39, 0.29) is 18.0 Å². The minimum Gasteiger partial charge on any atom is -0.459 e. The van der Waals surface area contributed by atoms with Gasteiger partial charge in [-0.2, -0.15) is 0 Å². The smallest absolute Gasteiger partial charge is 0.311 e. The molecule has 1 saturated heterocycles. The van der Waals surface area contributed by atoms with Crippen molar-refractivity contribution in [1.29, 1.82) is 0 Å². The Hall–Kier alpha value is -1.39. The third kappa shape index (κ3) is 3.33. The lowest BCUT2D eigenvalue weighted by Crippen LogP contribution is -2.48. The molecule has 1 aliphatic rings. The first-order chi connectivity index (χ1) is 9.09. The zero-order chi connectivity index (χ0) is 13.8. The number of aliphatic hydroxyl groups is 1. The Morgan fingerprint density at radius 2 is 1.95 bits per heavy atom. The molecule has 1 heterocycles. The number of hydrogen-bond donors (Lipinski definition) is 1. The van der Waals surface area contributed by atoms with Crippen molar-refractivity contribution in [2.24, 2.45) is 11.8 Å². The Labute approximate surface area is 113 Å². The fraction of sp³-hybridized carbons (Fsp3) is 0.533. The molecule has 1 aromatic rings. The summed E-state index contributed by atoms with van der Waals surface area (Å²) < 4.78 is 10.9. The van der Waals surface area contributed by atoms with Gasteiger partial charge in [0.2, 0.25) is 0 Å².